The largest absolute Gasteiger partial charge is 0.461 e. The summed E-state index contributed by atoms with van der Waals surface area (Å²) >= 11 is 0. The quantitative estimate of drug-likeness (QED) is 0.123. The van der Waals surface area contributed by atoms with Crippen molar-refractivity contribution in [1.29, 1.82) is 0 Å². The molecule has 1 fully saturated rings. The molecule has 0 aliphatic carbocycles. The van der Waals surface area contributed by atoms with Gasteiger partial charge in [0.2, 0.25) is 5.91 Å². The number of esters is 2. The lowest BCUT2D eigenvalue weighted by atomic mass is 9.86. The molecule has 1 aliphatic heterocycles. The SMILES string of the molecule is CCCCCCCCCCC[C@@H](C[C@@H]1OC(=O)[C@H]1CCCCCC)OC(=O)[C@@H](NC(C)=O)[C@@H](C)CC. The zero-order valence-electron chi connectivity index (χ0n) is 23.9. The van der Waals surface area contributed by atoms with Crippen molar-refractivity contribution in [2.24, 2.45) is 11.8 Å². The number of rotatable bonds is 22. The minimum absolute atomic E-state index is 0.0115. The molecule has 0 unspecified atom stereocenters. The van der Waals surface area contributed by atoms with E-state index in [1.54, 1.807) is 0 Å². The van der Waals surface area contributed by atoms with Crippen LogP contribution in [0.5, 0.6) is 0 Å². The Morgan fingerprint density at radius 1 is 0.889 bits per heavy atom. The van der Waals surface area contributed by atoms with E-state index in [0.717, 1.165) is 44.9 Å². The van der Waals surface area contributed by atoms with Crippen molar-refractivity contribution < 1.29 is 23.9 Å². The van der Waals surface area contributed by atoms with Crippen LogP contribution in [-0.2, 0) is 23.9 Å². The summed E-state index contributed by atoms with van der Waals surface area (Å²) in [5, 5.41) is 2.78. The topological polar surface area (TPSA) is 81.7 Å². The van der Waals surface area contributed by atoms with Crippen molar-refractivity contribution in [1.82, 2.24) is 5.32 Å². The molecule has 0 aromatic carbocycles. The molecular formula is C30H55NO5. The zero-order valence-corrected chi connectivity index (χ0v) is 23.9. The van der Waals surface area contributed by atoms with E-state index in [4.69, 9.17) is 9.47 Å². The van der Waals surface area contributed by atoms with Crippen LogP contribution < -0.4 is 5.32 Å². The summed E-state index contributed by atoms with van der Waals surface area (Å²) in [5.74, 6) is -0.798. The van der Waals surface area contributed by atoms with E-state index >= 15 is 0 Å². The number of ether oxygens (including phenoxy) is 2. The van der Waals surface area contributed by atoms with E-state index < -0.39 is 6.04 Å². The highest BCUT2D eigenvalue weighted by Gasteiger charge is 2.43. The standard InChI is InChI=1S/C30H55NO5/c1-6-9-11-13-14-15-16-17-18-20-25(35-30(34)28(23(4)8-3)31-24(5)32)22-27-26(29(33)36-27)21-19-12-10-7-2/h23,25-28H,6-22H2,1-5H3,(H,31,32)/t23-,25-,26-,27-,28-/m0/s1. The molecule has 1 heterocycles. The van der Waals surface area contributed by atoms with E-state index in [0.29, 0.717) is 6.42 Å². The van der Waals surface area contributed by atoms with Gasteiger partial charge in [-0.05, 0) is 25.2 Å². The Bertz CT molecular complexity index is 622. The Labute approximate surface area is 221 Å². The van der Waals surface area contributed by atoms with Gasteiger partial charge in [0.15, 0.2) is 0 Å². The average Bonchev–Trinajstić information content (AvgIpc) is 2.84. The smallest absolute Gasteiger partial charge is 0.329 e. The minimum atomic E-state index is -0.646. The van der Waals surface area contributed by atoms with Crippen LogP contribution in [0.25, 0.3) is 0 Å². The van der Waals surface area contributed by atoms with Gasteiger partial charge in [-0.25, -0.2) is 4.79 Å². The molecule has 0 aromatic rings. The maximum absolute atomic E-state index is 13.1. The summed E-state index contributed by atoms with van der Waals surface area (Å²) in [6.07, 6.45) is 18.1. The Hall–Kier alpha value is -1.59. The van der Waals surface area contributed by atoms with Crippen LogP contribution in [0.3, 0.4) is 0 Å². The number of unbranched alkanes of at least 4 members (excludes halogenated alkanes) is 11. The second-order valence-electron chi connectivity index (χ2n) is 10.9. The van der Waals surface area contributed by atoms with E-state index in [1.807, 2.05) is 13.8 Å². The lowest BCUT2D eigenvalue weighted by Gasteiger charge is -2.37. The maximum atomic E-state index is 13.1. The van der Waals surface area contributed by atoms with E-state index in [-0.39, 0.29) is 41.9 Å². The fraction of sp³-hybridized carbons (Fsp3) is 0.900. The first kappa shape index (κ1) is 32.4. The van der Waals surface area contributed by atoms with Crippen molar-refractivity contribution in [3.8, 4) is 0 Å². The Morgan fingerprint density at radius 2 is 1.44 bits per heavy atom. The molecule has 1 N–H and O–H groups in total. The molecular weight excluding hydrogens is 454 g/mol. The normalized spacial score (nSPS) is 19.6. The van der Waals surface area contributed by atoms with Crippen LogP contribution in [0.15, 0.2) is 0 Å². The van der Waals surface area contributed by atoms with Gasteiger partial charge < -0.3 is 14.8 Å². The van der Waals surface area contributed by atoms with Gasteiger partial charge in [0.25, 0.3) is 0 Å². The highest BCUT2D eigenvalue weighted by atomic mass is 16.6. The van der Waals surface area contributed by atoms with Gasteiger partial charge in [0.1, 0.15) is 18.2 Å². The van der Waals surface area contributed by atoms with Crippen LogP contribution in [-0.4, -0.2) is 36.1 Å². The number of carbonyl (C=O) groups is 3. The molecule has 0 radical (unpaired) electrons. The van der Waals surface area contributed by atoms with Crippen LogP contribution in [0.4, 0.5) is 0 Å². The third-order valence-electron chi connectivity index (χ3n) is 7.62. The third-order valence-corrected chi connectivity index (χ3v) is 7.62. The van der Waals surface area contributed by atoms with Crippen LogP contribution in [0.2, 0.25) is 0 Å². The summed E-state index contributed by atoms with van der Waals surface area (Å²) in [4.78, 5) is 36.9. The molecule has 5 atom stereocenters. The fourth-order valence-corrected chi connectivity index (χ4v) is 5.00. The average molecular weight is 510 g/mol. The number of amides is 1. The van der Waals surface area contributed by atoms with Gasteiger partial charge in [-0.3, -0.25) is 9.59 Å². The third kappa shape index (κ3) is 13.1. The van der Waals surface area contributed by atoms with E-state index in [1.165, 1.54) is 64.7 Å². The van der Waals surface area contributed by atoms with Crippen molar-refractivity contribution in [2.45, 2.75) is 162 Å². The van der Waals surface area contributed by atoms with Crippen LogP contribution in [0, 0.1) is 11.8 Å². The van der Waals surface area contributed by atoms with Gasteiger partial charge in [0, 0.05) is 13.3 Å². The number of nitrogens with one attached hydrogen (secondary N) is 1. The minimum Gasteiger partial charge on any atom is -0.461 e. The molecule has 0 spiro atoms. The molecule has 0 saturated carbocycles. The lowest BCUT2D eigenvalue weighted by Crippen LogP contribution is -2.49. The van der Waals surface area contributed by atoms with E-state index in [2.05, 4.69) is 19.2 Å². The molecule has 6 heteroatoms. The van der Waals surface area contributed by atoms with Crippen LogP contribution >= 0.6 is 0 Å². The molecule has 1 saturated heterocycles. The first-order valence-electron chi connectivity index (χ1n) is 15.0. The summed E-state index contributed by atoms with van der Waals surface area (Å²) in [5.41, 5.74) is 0. The lowest BCUT2D eigenvalue weighted by molar-refractivity contribution is -0.190. The summed E-state index contributed by atoms with van der Waals surface area (Å²) in [6.45, 7) is 9.81. The van der Waals surface area contributed by atoms with Crippen molar-refractivity contribution in [2.75, 3.05) is 0 Å². The second kappa shape index (κ2) is 19.5. The molecule has 6 nitrogen and oxygen atoms in total. The number of hydrogen-bond donors (Lipinski definition) is 1. The molecule has 36 heavy (non-hydrogen) atoms. The molecule has 1 aliphatic rings. The highest BCUT2D eigenvalue weighted by molar-refractivity contribution is 5.83. The summed E-state index contributed by atoms with van der Waals surface area (Å²) in [7, 11) is 0. The van der Waals surface area contributed by atoms with Crippen molar-refractivity contribution in [3.05, 3.63) is 0 Å². The Morgan fingerprint density at radius 3 is 1.97 bits per heavy atom. The first-order chi connectivity index (χ1) is 17.3. The monoisotopic (exact) mass is 509 g/mol. The Kier molecular flexibility index (Phi) is 17.6. The number of hydrogen-bond acceptors (Lipinski definition) is 5. The zero-order chi connectivity index (χ0) is 26.8. The molecule has 210 valence electrons. The summed E-state index contributed by atoms with van der Waals surface area (Å²) in [6, 6.07) is -0.646. The molecule has 1 amide bonds. The van der Waals surface area contributed by atoms with Gasteiger partial charge in [-0.2, -0.15) is 0 Å². The predicted octanol–water partition coefficient (Wildman–Crippen LogP) is 7.27. The Balaban J connectivity index is 2.64. The maximum Gasteiger partial charge on any atom is 0.329 e. The second-order valence-corrected chi connectivity index (χ2v) is 10.9. The van der Waals surface area contributed by atoms with Gasteiger partial charge in [-0.1, -0.05) is 111 Å². The van der Waals surface area contributed by atoms with Gasteiger partial charge >= 0.3 is 11.9 Å². The fourth-order valence-electron chi connectivity index (χ4n) is 5.00. The highest BCUT2D eigenvalue weighted by Crippen LogP contribution is 2.33. The number of cyclic esters (lactones) is 1. The van der Waals surface area contributed by atoms with Gasteiger partial charge in [0.05, 0.1) is 5.92 Å². The van der Waals surface area contributed by atoms with Crippen molar-refractivity contribution in [3.63, 3.8) is 0 Å². The van der Waals surface area contributed by atoms with E-state index in [9.17, 15) is 14.4 Å². The van der Waals surface area contributed by atoms with Gasteiger partial charge in [-0.15, -0.1) is 0 Å². The van der Waals surface area contributed by atoms with Crippen LogP contribution in [0.1, 0.15) is 144 Å². The molecule has 1 rings (SSSR count). The predicted molar refractivity (Wildman–Crippen MR) is 146 cm³/mol. The first-order valence-corrected chi connectivity index (χ1v) is 15.0. The number of carbonyl (C=O) groups excluding carboxylic acids is 3. The van der Waals surface area contributed by atoms with Crippen molar-refractivity contribution >= 4 is 17.8 Å². The molecule has 0 aromatic heterocycles. The molecule has 0 bridgehead atoms. The summed E-state index contributed by atoms with van der Waals surface area (Å²) < 4.78 is 11.5.